The molecule has 0 saturated heterocycles. The fraction of sp³-hybridized carbons (Fsp3) is 1.00. The molecule has 1 nitrogen and oxygen atoms in total. The molecule has 0 aliphatic rings. The molecule has 50 valence electrons. The number of halogens is 2. The molecule has 0 heterocycles. The molecule has 0 unspecified atom stereocenters. The van der Waals surface area contributed by atoms with Crippen LogP contribution in [0.25, 0.3) is 0 Å². The van der Waals surface area contributed by atoms with Crippen molar-refractivity contribution in [3.8, 4) is 0 Å². The van der Waals surface area contributed by atoms with Crippen LogP contribution in [-0.4, -0.2) is 24.1 Å². The summed E-state index contributed by atoms with van der Waals surface area (Å²) in [5, 5.41) is 8.69. The number of alkyl halides is 2. The molecular formula is C5H10F2O. The summed E-state index contributed by atoms with van der Waals surface area (Å²) in [5.74, 6) is 0. The van der Waals surface area contributed by atoms with Gasteiger partial charge in [-0.25, -0.2) is 8.78 Å². The first-order chi connectivity index (χ1) is 3.68. The van der Waals surface area contributed by atoms with E-state index in [1.165, 1.54) is 0 Å². The van der Waals surface area contributed by atoms with Gasteiger partial charge in [-0.05, 0) is 6.42 Å². The van der Waals surface area contributed by atoms with E-state index in [9.17, 15) is 8.78 Å². The summed E-state index contributed by atoms with van der Waals surface area (Å²) < 4.78 is 23.1. The summed E-state index contributed by atoms with van der Waals surface area (Å²) in [6.07, 6.45) is 0.125. The van der Waals surface area contributed by atoms with Gasteiger partial charge in [-0.3, -0.25) is 0 Å². The van der Waals surface area contributed by atoms with E-state index in [1.807, 2.05) is 0 Å². The average Bonchev–Trinajstić information content (AvgIpc) is 1.87. The Bertz CT molecular complexity index is 53.2. The number of aliphatic hydroxyl groups is 1. The predicted octanol–water partition coefficient (Wildman–Crippen LogP) is 1.07. The quantitative estimate of drug-likeness (QED) is 0.596. The highest BCUT2D eigenvalue weighted by Crippen LogP contribution is 2.10. The Kier molecular flexibility index (Phi) is 2.90. The van der Waals surface area contributed by atoms with Gasteiger partial charge in [-0.15, -0.1) is 0 Å². The summed E-state index contributed by atoms with van der Waals surface area (Å²) >= 11 is 0. The van der Waals surface area contributed by atoms with Crippen molar-refractivity contribution in [3.05, 3.63) is 0 Å². The largest absolute Gasteiger partial charge is 0.384 e. The number of hydrogen-bond donors (Lipinski definition) is 1. The Hall–Kier alpha value is -0.180. The van der Waals surface area contributed by atoms with Gasteiger partial charge in [0.15, 0.2) is 0 Å². The zero-order chi connectivity index (χ0) is 6.62. The highest BCUT2D eigenvalue weighted by atomic mass is 19.1. The van der Waals surface area contributed by atoms with E-state index in [0.29, 0.717) is 0 Å². The normalized spacial score (nSPS) is 12.0. The third-order valence-electron chi connectivity index (χ3n) is 1.16. The first-order valence-electron chi connectivity index (χ1n) is 2.53. The van der Waals surface area contributed by atoms with E-state index in [0.717, 1.165) is 0 Å². The van der Waals surface area contributed by atoms with Gasteiger partial charge in [0.2, 0.25) is 0 Å². The van der Waals surface area contributed by atoms with E-state index in [-0.39, 0.29) is 6.42 Å². The third-order valence-corrected chi connectivity index (χ3v) is 1.16. The molecule has 0 aromatic carbocycles. The number of rotatable bonds is 3. The Morgan fingerprint density at radius 2 is 1.75 bits per heavy atom. The molecule has 3 heteroatoms. The van der Waals surface area contributed by atoms with Gasteiger partial charge in [0, 0.05) is 0 Å². The van der Waals surface area contributed by atoms with E-state index in [2.05, 4.69) is 0 Å². The third kappa shape index (κ3) is 1.74. The Morgan fingerprint density at radius 3 is 1.75 bits per heavy atom. The first kappa shape index (κ1) is 7.82. The maximum atomic E-state index is 11.6. The standard InChI is InChI=1S/C5H10F2O/c1-2-5(8,3-6)4-7/h8H,2-4H2,1H3. The Labute approximate surface area is 47.3 Å². The van der Waals surface area contributed by atoms with Crippen LogP contribution in [0.15, 0.2) is 0 Å². The maximum absolute atomic E-state index is 11.6. The SMILES string of the molecule is CCC(O)(CF)CF. The second kappa shape index (κ2) is 2.97. The van der Waals surface area contributed by atoms with E-state index < -0.39 is 19.0 Å². The molecule has 0 saturated carbocycles. The molecule has 0 amide bonds. The highest BCUT2D eigenvalue weighted by molar-refractivity contribution is 4.73. The lowest BCUT2D eigenvalue weighted by atomic mass is 10.1. The molecule has 0 rings (SSSR count). The molecule has 0 radical (unpaired) electrons. The van der Waals surface area contributed by atoms with Crippen molar-refractivity contribution in [1.29, 1.82) is 0 Å². The smallest absolute Gasteiger partial charge is 0.121 e. The molecular weight excluding hydrogens is 114 g/mol. The van der Waals surface area contributed by atoms with Crippen LogP contribution < -0.4 is 0 Å². The zero-order valence-corrected chi connectivity index (χ0v) is 4.82. The summed E-state index contributed by atoms with van der Waals surface area (Å²) in [4.78, 5) is 0. The molecule has 0 aliphatic carbocycles. The van der Waals surface area contributed by atoms with Crippen molar-refractivity contribution in [3.63, 3.8) is 0 Å². The summed E-state index contributed by atoms with van der Waals surface area (Å²) in [5.41, 5.74) is -1.71. The van der Waals surface area contributed by atoms with Crippen molar-refractivity contribution >= 4 is 0 Å². The van der Waals surface area contributed by atoms with Gasteiger partial charge in [-0.1, -0.05) is 6.92 Å². The van der Waals surface area contributed by atoms with Gasteiger partial charge < -0.3 is 5.11 Å². The maximum Gasteiger partial charge on any atom is 0.121 e. The lowest BCUT2D eigenvalue weighted by molar-refractivity contribution is -0.00951. The van der Waals surface area contributed by atoms with Crippen LogP contribution in [0.5, 0.6) is 0 Å². The van der Waals surface area contributed by atoms with Crippen LogP contribution in [0, 0.1) is 0 Å². The molecule has 0 aromatic heterocycles. The van der Waals surface area contributed by atoms with E-state index >= 15 is 0 Å². The minimum Gasteiger partial charge on any atom is -0.384 e. The van der Waals surface area contributed by atoms with Crippen LogP contribution >= 0.6 is 0 Å². The monoisotopic (exact) mass is 124 g/mol. The molecule has 0 fully saturated rings. The lowest BCUT2D eigenvalue weighted by Crippen LogP contribution is -2.32. The molecule has 0 bridgehead atoms. The molecule has 0 aromatic rings. The topological polar surface area (TPSA) is 20.2 Å². The fourth-order valence-electron chi connectivity index (χ4n) is 0.225. The van der Waals surface area contributed by atoms with Gasteiger partial charge in [-0.2, -0.15) is 0 Å². The second-order valence-electron chi connectivity index (χ2n) is 1.85. The number of hydrogen-bond acceptors (Lipinski definition) is 1. The average molecular weight is 124 g/mol. The van der Waals surface area contributed by atoms with Crippen LogP contribution in [0.2, 0.25) is 0 Å². The van der Waals surface area contributed by atoms with Crippen LogP contribution in [-0.2, 0) is 0 Å². The minimum absolute atomic E-state index is 0.125. The molecule has 0 atom stereocenters. The zero-order valence-electron chi connectivity index (χ0n) is 4.82. The molecule has 1 N–H and O–H groups in total. The van der Waals surface area contributed by atoms with Crippen molar-refractivity contribution in [1.82, 2.24) is 0 Å². The highest BCUT2D eigenvalue weighted by Gasteiger charge is 2.23. The minimum atomic E-state index is -1.71. The molecule has 8 heavy (non-hydrogen) atoms. The van der Waals surface area contributed by atoms with Gasteiger partial charge in [0.1, 0.15) is 19.0 Å². The Morgan fingerprint density at radius 1 is 1.38 bits per heavy atom. The van der Waals surface area contributed by atoms with Crippen molar-refractivity contribution in [2.24, 2.45) is 0 Å². The molecule has 0 aliphatic heterocycles. The van der Waals surface area contributed by atoms with Crippen molar-refractivity contribution < 1.29 is 13.9 Å². The summed E-state index contributed by atoms with van der Waals surface area (Å²) in [6.45, 7) is -0.459. The van der Waals surface area contributed by atoms with Crippen LogP contribution in [0.3, 0.4) is 0 Å². The Balaban J connectivity index is 3.58. The summed E-state index contributed by atoms with van der Waals surface area (Å²) in [7, 11) is 0. The van der Waals surface area contributed by atoms with Gasteiger partial charge in [0.25, 0.3) is 0 Å². The molecule has 0 spiro atoms. The fourth-order valence-corrected chi connectivity index (χ4v) is 0.225. The van der Waals surface area contributed by atoms with Gasteiger partial charge >= 0.3 is 0 Å². The van der Waals surface area contributed by atoms with Crippen LogP contribution in [0.1, 0.15) is 13.3 Å². The van der Waals surface area contributed by atoms with Gasteiger partial charge in [0.05, 0.1) is 0 Å². The first-order valence-corrected chi connectivity index (χ1v) is 2.53. The van der Waals surface area contributed by atoms with Crippen LogP contribution in [0.4, 0.5) is 8.78 Å². The van der Waals surface area contributed by atoms with E-state index in [4.69, 9.17) is 5.11 Å². The van der Waals surface area contributed by atoms with E-state index in [1.54, 1.807) is 6.92 Å². The predicted molar refractivity (Wildman–Crippen MR) is 27.2 cm³/mol. The lowest BCUT2D eigenvalue weighted by Gasteiger charge is -2.17. The second-order valence-corrected chi connectivity index (χ2v) is 1.85. The van der Waals surface area contributed by atoms with Crippen molar-refractivity contribution in [2.45, 2.75) is 18.9 Å². The van der Waals surface area contributed by atoms with Crippen molar-refractivity contribution in [2.75, 3.05) is 13.3 Å². The summed E-state index contributed by atoms with van der Waals surface area (Å²) in [6, 6.07) is 0.